The summed E-state index contributed by atoms with van der Waals surface area (Å²) >= 11 is 0. The van der Waals surface area contributed by atoms with Crippen LogP contribution in [-0.4, -0.2) is 41.8 Å². The fraction of sp³-hybridized carbons (Fsp3) is 0.941. The van der Waals surface area contributed by atoms with Crippen molar-refractivity contribution in [2.24, 2.45) is 11.5 Å². The minimum atomic E-state index is -0.816. The number of carboxylic acid groups (broad SMARTS) is 1. The van der Waals surface area contributed by atoms with Crippen LogP contribution in [0.2, 0.25) is 0 Å². The van der Waals surface area contributed by atoms with Crippen LogP contribution < -0.4 is 11.5 Å². The van der Waals surface area contributed by atoms with Crippen molar-refractivity contribution in [3.63, 3.8) is 0 Å². The van der Waals surface area contributed by atoms with E-state index in [2.05, 4.69) is 6.92 Å². The number of rotatable bonds is 16. The number of aliphatic carboxylic acids is 1. The summed E-state index contributed by atoms with van der Waals surface area (Å²) in [6, 6.07) is 0. The molecular formula is C17H37N3O2. The quantitative estimate of drug-likeness (QED) is 0.301. The van der Waals surface area contributed by atoms with E-state index < -0.39 is 12.1 Å². The van der Waals surface area contributed by atoms with Gasteiger partial charge in [0.05, 0.1) is 12.7 Å². The maximum absolute atomic E-state index is 10.8. The van der Waals surface area contributed by atoms with Crippen LogP contribution >= 0.6 is 0 Å². The Hall–Kier alpha value is -0.650. The third-order valence-corrected chi connectivity index (χ3v) is 3.91. The number of nitrogens with two attached hydrogens (primary N) is 2. The van der Waals surface area contributed by atoms with Crippen molar-refractivity contribution < 1.29 is 9.90 Å². The second kappa shape index (κ2) is 15.3. The molecule has 0 spiro atoms. The van der Waals surface area contributed by atoms with Crippen LogP contribution in [0.4, 0.5) is 0 Å². The molecule has 0 aliphatic heterocycles. The molecule has 0 bridgehead atoms. The van der Waals surface area contributed by atoms with Gasteiger partial charge in [-0.1, -0.05) is 71.1 Å². The van der Waals surface area contributed by atoms with Crippen LogP contribution in [0.5, 0.6) is 0 Å². The van der Waals surface area contributed by atoms with Crippen molar-refractivity contribution in [3.05, 3.63) is 0 Å². The molecule has 0 radical (unpaired) electrons. The van der Waals surface area contributed by atoms with E-state index in [0.29, 0.717) is 6.54 Å². The van der Waals surface area contributed by atoms with Gasteiger partial charge in [0.2, 0.25) is 0 Å². The van der Waals surface area contributed by atoms with E-state index in [-0.39, 0.29) is 6.54 Å². The van der Waals surface area contributed by atoms with Gasteiger partial charge in [0.1, 0.15) is 0 Å². The standard InChI is InChI=1S/C17H37N3O2/c1-2-3-4-5-6-7-8-9-10-11-12-13-20(14-16(18)19)15-17(21)22/h16H,2-15,18-19H2,1H3,(H,21,22). The lowest BCUT2D eigenvalue weighted by Gasteiger charge is -2.21. The summed E-state index contributed by atoms with van der Waals surface area (Å²) in [6.45, 7) is 3.50. The van der Waals surface area contributed by atoms with Crippen molar-refractivity contribution in [3.8, 4) is 0 Å². The Labute approximate surface area is 136 Å². The smallest absolute Gasteiger partial charge is 0.317 e. The van der Waals surface area contributed by atoms with Crippen molar-refractivity contribution in [2.75, 3.05) is 19.6 Å². The summed E-state index contributed by atoms with van der Waals surface area (Å²) in [5.74, 6) is -0.816. The molecule has 0 aliphatic rings. The summed E-state index contributed by atoms with van der Waals surface area (Å²) in [5.41, 5.74) is 11.1. The van der Waals surface area contributed by atoms with E-state index in [1.54, 1.807) is 0 Å². The minimum Gasteiger partial charge on any atom is -0.480 e. The number of hydrogen-bond donors (Lipinski definition) is 3. The molecule has 0 rings (SSSR count). The molecule has 22 heavy (non-hydrogen) atoms. The zero-order valence-electron chi connectivity index (χ0n) is 14.4. The first-order chi connectivity index (χ1) is 10.6. The zero-order chi connectivity index (χ0) is 16.6. The number of hydrogen-bond acceptors (Lipinski definition) is 4. The van der Waals surface area contributed by atoms with Crippen LogP contribution in [0.15, 0.2) is 0 Å². The predicted molar refractivity (Wildman–Crippen MR) is 92.7 cm³/mol. The zero-order valence-corrected chi connectivity index (χ0v) is 14.4. The van der Waals surface area contributed by atoms with Gasteiger partial charge in [-0.2, -0.15) is 0 Å². The lowest BCUT2D eigenvalue weighted by molar-refractivity contribution is -0.138. The highest BCUT2D eigenvalue weighted by Crippen LogP contribution is 2.11. The van der Waals surface area contributed by atoms with Gasteiger partial charge < -0.3 is 16.6 Å². The van der Waals surface area contributed by atoms with Gasteiger partial charge in [0, 0.05) is 6.54 Å². The van der Waals surface area contributed by atoms with Gasteiger partial charge in [-0.25, -0.2) is 0 Å². The van der Waals surface area contributed by atoms with E-state index in [4.69, 9.17) is 16.6 Å². The molecule has 132 valence electrons. The number of nitrogens with zero attached hydrogens (tertiary/aromatic N) is 1. The third-order valence-electron chi connectivity index (χ3n) is 3.91. The number of carbonyl (C=O) groups is 1. The van der Waals surface area contributed by atoms with Crippen LogP contribution in [0.1, 0.15) is 77.6 Å². The third kappa shape index (κ3) is 15.7. The molecule has 5 N–H and O–H groups in total. The summed E-state index contributed by atoms with van der Waals surface area (Å²) in [4.78, 5) is 12.6. The second-order valence-electron chi connectivity index (χ2n) is 6.33. The van der Waals surface area contributed by atoms with E-state index >= 15 is 0 Å². The number of unbranched alkanes of at least 4 members (excludes halogenated alkanes) is 10. The second-order valence-corrected chi connectivity index (χ2v) is 6.33. The van der Waals surface area contributed by atoms with Crippen molar-refractivity contribution in [1.82, 2.24) is 4.90 Å². The Kier molecular flexibility index (Phi) is 14.8. The van der Waals surface area contributed by atoms with Gasteiger partial charge >= 0.3 is 5.97 Å². The molecule has 0 saturated heterocycles. The summed E-state index contributed by atoms with van der Waals surface area (Å²) in [6.07, 6.45) is 13.8. The first-order valence-electron chi connectivity index (χ1n) is 9.01. The molecular weight excluding hydrogens is 278 g/mol. The summed E-state index contributed by atoms with van der Waals surface area (Å²) in [5, 5.41) is 8.85. The Balaban J connectivity index is 3.43. The molecule has 0 fully saturated rings. The molecule has 0 saturated carbocycles. The Bertz CT molecular complexity index is 260. The van der Waals surface area contributed by atoms with Crippen molar-refractivity contribution in [1.29, 1.82) is 0 Å². The largest absolute Gasteiger partial charge is 0.480 e. The SMILES string of the molecule is CCCCCCCCCCCCCN(CC(=O)O)CC(N)N. The average molecular weight is 316 g/mol. The van der Waals surface area contributed by atoms with Crippen LogP contribution in [0.3, 0.4) is 0 Å². The van der Waals surface area contributed by atoms with Gasteiger partial charge in [0.25, 0.3) is 0 Å². The van der Waals surface area contributed by atoms with E-state index in [0.717, 1.165) is 19.4 Å². The van der Waals surface area contributed by atoms with Crippen LogP contribution in [-0.2, 0) is 4.79 Å². The Morgan fingerprint density at radius 3 is 1.77 bits per heavy atom. The van der Waals surface area contributed by atoms with E-state index in [9.17, 15) is 4.79 Å². The first-order valence-corrected chi connectivity index (χ1v) is 9.01. The lowest BCUT2D eigenvalue weighted by Crippen LogP contribution is -2.45. The summed E-state index contributed by atoms with van der Waals surface area (Å²) in [7, 11) is 0. The molecule has 0 aromatic heterocycles. The molecule has 0 unspecified atom stereocenters. The molecule has 0 aromatic rings. The monoisotopic (exact) mass is 315 g/mol. The highest BCUT2D eigenvalue weighted by molar-refractivity contribution is 5.69. The molecule has 5 heteroatoms. The van der Waals surface area contributed by atoms with Gasteiger partial charge in [-0.3, -0.25) is 9.69 Å². The Morgan fingerprint density at radius 2 is 1.36 bits per heavy atom. The topological polar surface area (TPSA) is 92.6 Å². The van der Waals surface area contributed by atoms with E-state index in [1.165, 1.54) is 57.8 Å². The minimum absolute atomic E-state index is 0.0304. The van der Waals surface area contributed by atoms with Crippen LogP contribution in [0, 0.1) is 0 Å². The van der Waals surface area contributed by atoms with Gasteiger partial charge in [0.15, 0.2) is 0 Å². The predicted octanol–water partition coefficient (Wildman–Crippen LogP) is 2.93. The molecule has 0 aromatic carbocycles. The van der Waals surface area contributed by atoms with Crippen LogP contribution in [0.25, 0.3) is 0 Å². The normalized spacial score (nSPS) is 11.5. The maximum atomic E-state index is 10.8. The average Bonchev–Trinajstić information content (AvgIpc) is 2.43. The highest BCUT2D eigenvalue weighted by Gasteiger charge is 2.11. The fourth-order valence-corrected chi connectivity index (χ4v) is 2.72. The summed E-state index contributed by atoms with van der Waals surface area (Å²) < 4.78 is 0. The molecule has 0 atom stereocenters. The lowest BCUT2D eigenvalue weighted by atomic mass is 10.1. The number of carboxylic acids is 1. The van der Waals surface area contributed by atoms with Gasteiger partial charge in [-0.05, 0) is 13.0 Å². The molecule has 0 aliphatic carbocycles. The van der Waals surface area contributed by atoms with Crippen molar-refractivity contribution in [2.45, 2.75) is 83.7 Å². The maximum Gasteiger partial charge on any atom is 0.317 e. The van der Waals surface area contributed by atoms with Gasteiger partial charge in [-0.15, -0.1) is 0 Å². The first kappa shape index (κ1) is 21.4. The molecule has 5 nitrogen and oxygen atoms in total. The van der Waals surface area contributed by atoms with Crippen molar-refractivity contribution >= 4 is 5.97 Å². The molecule has 0 amide bonds. The highest BCUT2D eigenvalue weighted by atomic mass is 16.4. The van der Waals surface area contributed by atoms with E-state index in [1.807, 2.05) is 4.90 Å². The Morgan fingerprint density at radius 1 is 0.909 bits per heavy atom. The molecule has 0 heterocycles. The fourth-order valence-electron chi connectivity index (χ4n) is 2.72.